The van der Waals surface area contributed by atoms with Crippen LogP contribution in [0.4, 0.5) is 8.78 Å². The number of primary amides is 1. The molecule has 0 unspecified atom stereocenters. The lowest BCUT2D eigenvalue weighted by Crippen LogP contribution is -2.45. The second-order valence-corrected chi connectivity index (χ2v) is 4.81. The van der Waals surface area contributed by atoms with Gasteiger partial charge in [0.1, 0.15) is 29.9 Å². The highest BCUT2D eigenvalue weighted by Gasteiger charge is 2.41. The number of hydrogen-bond donors (Lipinski definition) is 2. The Kier molecular flexibility index (Phi) is 3.99. The van der Waals surface area contributed by atoms with E-state index in [0.29, 0.717) is 0 Å². The van der Waals surface area contributed by atoms with E-state index in [0.717, 1.165) is 18.2 Å². The number of benzene rings is 1. The maximum Gasteiger partial charge on any atom is 0.223 e. The SMILES string of the molecule is C[C@@H](C(N)=O)[C@](O)(Cn1cnnc1)c1cc(F)ccc1F. The van der Waals surface area contributed by atoms with Gasteiger partial charge in [-0.15, -0.1) is 10.2 Å². The van der Waals surface area contributed by atoms with Crippen molar-refractivity contribution in [2.24, 2.45) is 11.7 Å². The number of amides is 1. The molecule has 0 saturated carbocycles. The van der Waals surface area contributed by atoms with Crippen LogP contribution in [0.1, 0.15) is 12.5 Å². The maximum atomic E-state index is 14.0. The first-order valence-corrected chi connectivity index (χ1v) is 6.14. The second kappa shape index (κ2) is 5.57. The molecule has 6 nitrogen and oxygen atoms in total. The van der Waals surface area contributed by atoms with Gasteiger partial charge in [-0.25, -0.2) is 8.78 Å². The third-order valence-corrected chi connectivity index (χ3v) is 3.43. The van der Waals surface area contributed by atoms with E-state index >= 15 is 0 Å². The first-order chi connectivity index (χ1) is 9.84. The molecular formula is C13H14F2N4O2. The highest BCUT2D eigenvalue weighted by molar-refractivity contribution is 5.77. The second-order valence-electron chi connectivity index (χ2n) is 4.81. The van der Waals surface area contributed by atoms with Crippen LogP contribution in [0.15, 0.2) is 30.9 Å². The van der Waals surface area contributed by atoms with E-state index in [1.807, 2.05) is 0 Å². The average Bonchev–Trinajstić information content (AvgIpc) is 2.93. The lowest BCUT2D eigenvalue weighted by Gasteiger charge is -2.33. The number of aromatic nitrogens is 3. The molecule has 1 heterocycles. The van der Waals surface area contributed by atoms with Crippen molar-refractivity contribution in [3.63, 3.8) is 0 Å². The fourth-order valence-electron chi connectivity index (χ4n) is 2.10. The molecule has 21 heavy (non-hydrogen) atoms. The predicted octanol–water partition coefficient (Wildman–Crippen LogP) is 0.565. The Morgan fingerprint density at radius 2 is 2.05 bits per heavy atom. The zero-order valence-electron chi connectivity index (χ0n) is 11.2. The molecule has 2 rings (SSSR count). The van der Waals surface area contributed by atoms with Crippen LogP contribution in [0.5, 0.6) is 0 Å². The molecule has 1 amide bonds. The van der Waals surface area contributed by atoms with Gasteiger partial charge in [0, 0.05) is 5.56 Å². The van der Waals surface area contributed by atoms with E-state index in [9.17, 15) is 18.7 Å². The number of nitrogens with zero attached hydrogens (tertiary/aromatic N) is 3. The summed E-state index contributed by atoms with van der Waals surface area (Å²) < 4.78 is 28.7. The molecule has 0 aliphatic carbocycles. The topological polar surface area (TPSA) is 94.0 Å². The van der Waals surface area contributed by atoms with Gasteiger partial charge < -0.3 is 15.4 Å². The van der Waals surface area contributed by atoms with E-state index in [4.69, 9.17) is 5.73 Å². The van der Waals surface area contributed by atoms with Crippen molar-refractivity contribution in [1.29, 1.82) is 0 Å². The minimum atomic E-state index is -2.03. The molecule has 2 atom stereocenters. The average molecular weight is 296 g/mol. The smallest absolute Gasteiger partial charge is 0.223 e. The molecule has 112 valence electrons. The minimum absolute atomic E-state index is 0.246. The molecular weight excluding hydrogens is 282 g/mol. The third-order valence-electron chi connectivity index (χ3n) is 3.43. The summed E-state index contributed by atoms with van der Waals surface area (Å²) in [6.45, 7) is 1.10. The van der Waals surface area contributed by atoms with Crippen molar-refractivity contribution in [3.8, 4) is 0 Å². The van der Waals surface area contributed by atoms with E-state index in [-0.39, 0.29) is 12.1 Å². The van der Waals surface area contributed by atoms with E-state index in [1.54, 1.807) is 0 Å². The molecule has 0 saturated heterocycles. The molecule has 1 aromatic heterocycles. The van der Waals surface area contributed by atoms with Crippen molar-refractivity contribution in [1.82, 2.24) is 14.8 Å². The number of carbonyl (C=O) groups excluding carboxylic acids is 1. The lowest BCUT2D eigenvalue weighted by atomic mass is 9.81. The summed E-state index contributed by atoms with van der Waals surface area (Å²) in [4.78, 5) is 11.4. The Bertz CT molecular complexity index is 648. The van der Waals surface area contributed by atoms with Crippen LogP contribution in [0.25, 0.3) is 0 Å². The largest absolute Gasteiger partial charge is 0.382 e. The van der Waals surface area contributed by atoms with E-state index in [1.165, 1.54) is 24.1 Å². The fraction of sp³-hybridized carbons (Fsp3) is 0.308. The standard InChI is InChI=1S/C13H14F2N4O2/c1-8(12(16)20)13(21,5-19-6-17-18-7-19)10-4-9(14)2-3-11(10)15/h2-4,6-8,21H,5H2,1H3,(H2,16,20)/t8-,13+/m0/s1. The number of carbonyl (C=O) groups is 1. The Hall–Kier alpha value is -2.35. The van der Waals surface area contributed by atoms with Crippen LogP contribution in [0, 0.1) is 17.6 Å². The van der Waals surface area contributed by atoms with Crippen molar-refractivity contribution < 1.29 is 18.7 Å². The Morgan fingerprint density at radius 3 is 2.62 bits per heavy atom. The zero-order valence-corrected chi connectivity index (χ0v) is 11.2. The van der Waals surface area contributed by atoms with Crippen LogP contribution < -0.4 is 5.73 Å². The summed E-state index contributed by atoms with van der Waals surface area (Å²) in [5.41, 5.74) is 2.85. The maximum absolute atomic E-state index is 14.0. The van der Waals surface area contributed by atoms with Crippen molar-refractivity contribution in [2.75, 3.05) is 0 Å². The van der Waals surface area contributed by atoms with Gasteiger partial charge in [0.25, 0.3) is 0 Å². The van der Waals surface area contributed by atoms with Gasteiger partial charge in [0.15, 0.2) is 0 Å². The molecule has 0 aliphatic rings. The summed E-state index contributed by atoms with van der Waals surface area (Å²) >= 11 is 0. The molecule has 1 aromatic carbocycles. The molecule has 0 bridgehead atoms. The molecule has 0 aliphatic heterocycles. The van der Waals surface area contributed by atoms with Crippen molar-refractivity contribution >= 4 is 5.91 Å². The van der Waals surface area contributed by atoms with Crippen LogP contribution in [-0.4, -0.2) is 25.8 Å². The molecule has 2 aromatic rings. The van der Waals surface area contributed by atoms with E-state index < -0.39 is 29.1 Å². The normalized spacial score (nSPS) is 15.4. The Balaban J connectivity index is 2.54. The molecule has 3 N–H and O–H groups in total. The van der Waals surface area contributed by atoms with Gasteiger partial charge >= 0.3 is 0 Å². The highest BCUT2D eigenvalue weighted by Crippen LogP contribution is 2.33. The lowest BCUT2D eigenvalue weighted by molar-refractivity contribution is -0.132. The summed E-state index contributed by atoms with van der Waals surface area (Å²) in [6, 6.07) is 2.65. The highest BCUT2D eigenvalue weighted by atomic mass is 19.1. The first-order valence-electron chi connectivity index (χ1n) is 6.14. The first kappa shape index (κ1) is 15.0. The van der Waals surface area contributed by atoms with E-state index in [2.05, 4.69) is 10.2 Å². The van der Waals surface area contributed by atoms with Gasteiger partial charge in [-0.1, -0.05) is 6.92 Å². The number of nitrogens with two attached hydrogens (primary N) is 1. The fourth-order valence-corrected chi connectivity index (χ4v) is 2.10. The molecule has 0 spiro atoms. The quantitative estimate of drug-likeness (QED) is 0.843. The molecule has 0 radical (unpaired) electrons. The zero-order chi connectivity index (χ0) is 15.6. The summed E-state index contributed by atoms with van der Waals surface area (Å²) in [5, 5.41) is 17.9. The van der Waals surface area contributed by atoms with Gasteiger partial charge in [-0.05, 0) is 18.2 Å². The number of aliphatic hydroxyl groups is 1. The predicted molar refractivity (Wildman–Crippen MR) is 68.6 cm³/mol. The summed E-state index contributed by atoms with van der Waals surface area (Å²) in [6.07, 6.45) is 2.58. The third kappa shape index (κ3) is 2.89. The minimum Gasteiger partial charge on any atom is -0.382 e. The van der Waals surface area contributed by atoms with Crippen molar-refractivity contribution in [2.45, 2.75) is 19.1 Å². The van der Waals surface area contributed by atoms with Crippen LogP contribution in [0.3, 0.4) is 0 Å². The number of rotatable bonds is 5. The van der Waals surface area contributed by atoms with Gasteiger partial charge in [0.05, 0.1) is 12.5 Å². The number of halogens is 2. The monoisotopic (exact) mass is 296 g/mol. The Labute approximate surface area is 119 Å². The van der Waals surface area contributed by atoms with Gasteiger partial charge in [-0.2, -0.15) is 0 Å². The molecule has 0 fully saturated rings. The molecule has 8 heteroatoms. The van der Waals surface area contributed by atoms with Gasteiger partial charge in [0.2, 0.25) is 5.91 Å². The van der Waals surface area contributed by atoms with Gasteiger partial charge in [-0.3, -0.25) is 4.79 Å². The van der Waals surface area contributed by atoms with Crippen molar-refractivity contribution in [3.05, 3.63) is 48.1 Å². The van der Waals surface area contributed by atoms with Crippen LogP contribution >= 0.6 is 0 Å². The number of hydrogen-bond acceptors (Lipinski definition) is 4. The van der Waals surface area contributed by atoms with Crippen LogP contribution in [0.2, 0.25) is 0 Å². The van der Waals surface area contributed by atoms with Crippen LogP contribution in [-0.2, 0) is 16.9 Å². The Morgan fingerprint density at radius 1 is 1.43 bits per heavy atom. The summed E-state index contributed by atoms with van der Waals surface area (Å²) in [7, 11) is 0. The summed E-state index contributed by atoms with van der Waals surface area (Å²) in [5.74, 6) is -3.56.